The fraction of sp³-hybridized carbons (Fsp3) is 0.310. The lowest BCUT2D eigenvalue weighted by molar-refractivity contribution is -0.124. The number of amides is 2. The van der Waals surface area contributed by atoms with Gasteiger partial charge in [0.25, 0.3) is 0 Å². The third-order valence-corrected chi connectivity index (χ3v) is 5.37. The number of rotatable bonds is 9. The summed E-state index contributed by atoms with van der Waals surface area (Å²) in [6, 6.07) is 28.9. The Morgan fingerprint density at radius 1 is 0.765 bits per heavy atom. The Balaban J connectivity index is 1.77. The van der Waals surface area contributed by atoms with Gasteiger partial charge in [-0.2, -0.15) is 0 Å². The summed E-state index contributed by atoms with van der Waals surface area (Å²) in [6.07, 6.45) is 1.32. The van der Waals surface area contributed by atoms with Gasteiger partial charge in [-0.1, -0.05) is 91.0 Å². The second-order valence-corrected chi connectivity index (χ2v) is 9.38. The number of hydrogen-bond donors (Lipinski definition) is 2. The van der Waals surface area contributed by atoms with Crippen LogP contribution in [0.4, 0.5) is 4.79 Å². The molecule has 2 unspecified atom stereocenters. The van der Waals surface area contributed by atoms with Gasteiger partial charge < -0.3 is 15.4 Å². The van der Waals surface area contributed by atoms with E-state index in [1.807, 2.05) is 78.9 Å². The molecule has 2 atom stereocenters. The number of nitrogens with one attached hydrogen (secondary N) is 2. The Morgan fingerprint density at radius 3 is 1.85 bits per heavy atom. The highest BCUT2D eigenvalue weighted by Gasteiger charge is 2.26. The summed E-state index contributed by atoms with van der Waals surface area (Å²) in [5.41, 5.74) is 2.55. The lowest BCUT2D eigenvalue weighted by Gasteiger charge is -2.26. The zero-order valence-electron chi connectivity index (χ0n) is 20.2. The van der Waals surface area contributed by atoms with Crippen molar-refractivity contribution < 1.29 is 14.3 Å². The maximum atomic E-state index is 13.5. The van der Waals surface area contributed by atoms with Crippen LogP contribution in [-0.2, 0) is 22.4 Å². The molecule has 5 heteroatoms. The van der Waals surface area contributed by atoms with Crippen LogP contribution >= 0.6 is 0 Å². The third kappa shape index (κ3) is 8.39. The molecule has 0 aromatic heterocycles. The number of hydrogen-bond acceptors (Lipinski definition) is 3. The molecule has 0 spiro atoms. The maximum Gasteiger partial charge on any atom is 0.408 e. The first-order chi connectivity index (χ1) is 16.3. The van der Waals surface area contributed by atoms with Crippen molar-refractivity contribution in [1.82, 2.24) is 10.6 Å². The Labute approximate surface area is 202 Å². The largest absolute Gasteiger partial charge is 0.444 e. The van der Waals surface area contributed by atoms with Crippen molar-refractivity contribution >= 4 is 12.0 Å². The van der Waals surface area contributed by atoms with Crippen molar-refractivity contribution in [2.75, 3.05) is 0 Å². The summed E-state index contributed by atoms with van der Waals surface area (Å²) in [5, 5.41) is 5.96. The van der Waals surface area contributed by atoms with Crippen LogP contribution in [0.25, 0.3) is 0 Å². The lowest BCUT2D eigenvalue weighted by atomic mass is 9.98. The zero-order valence-corrected chi connectivity index (χ0v) is 20.2. The van der Waals surface area contributed by atoms with E-state index in [0.717, 1.165) is 24.0 Å². The Morgan fingerprint density at radius 2 is 1.29 bits per heavy atom. The quantitative estimate of drug-likeness (QED) is 0.438. The predicted molar refractivity (Wildman–Crippen MR) is 135 cm³/mol. The highest BCUT2D eigenvalue weighted by Crippen LogP contribution is 2.20. The van der Waals surface area contributed by atoms with Crippen LogP contribution in [-0.4, -0.2) is 23.6 Å². The molecule has 3 rings (SSSR count). The van der Waals surface area contributed by atoms with Crippen LogP contribution in [0.2, 0.25) is 0 Å². The molecule has 0 saturated heterocycles. The van der Waals surface area contributed by atoms with Crippen LogP contribution in [0.1, 0.15) is 49.9 Å². The summed E-state index contributed by atoms with van der Waals surface area (Å²) in [5.74, 6) is -0.239. The minimum Gasteiger partial charge on any atom is -0.444 e. The van der Waals surface area contributed by atoms with Gasteiger partial charge in [0.05, 0.1) is 6.04 Å². The van der Waals surface area contributed by atoms with E-state index >= 15 is 0 Å². The Hall–Kier alpha value is -3.60. The minimum absolute atomic E-state index is 0.187. The zero-order chi connectivity index (χ0) is 24.4. The molecule has 0 fully saturated rings. The van der Waals surface area contributed by atoms with Crippen molar-refractivity contribution in [3.05, 3.63) is 108 Å². The minimum atomic E-state index is -0.764. The first-order valence-corrected chi connectivity index (χ1v) is 11.7. The smallest absolute Gasteiger partial charge is 0.408 e. The molecule has 2 N–H and O–H groups in total. The summed E-state index contributed by atoms with van der Waals surface area (Å²) >= 11 is 0. The fourth-order valence-electron chi connectivity index (χ4n) is 3.74. The van der Waals surface area contributed by atoms with Gasteiger partial charge in [0.15, 0.2) is 0 Å². The van der Waals surface area contributed by atoms with E-state index in [2.05, 4.69) is 22.8 Å². The number of ether oxygens (including phenoxy) is 1. The molecule has 0 saturated carbocycles. The average molecular weight is 459 g/mol. The van der Waals surface area contributed by atoms with Crippen LogP contribution in [0.5, 0.6) is 0 Å². The topological polar surface area (TPSA) is 67.4 Å². The molecular formula is C29H34N2O3. The van der Waals surface area contributed by atoms with E-state index in [-0.39, 0.29) is 11.9 Å². The first-order valence-electron chi connectivity index (χ1n) is 11.7. The summed E-state index contributed by atoms with van der Waals surface area (Å²) < 4.78 is 5.42. The van der Waals surface area contributed by atoms with E-state index in [0.29, 0.717) is 6.42 Å². The Kier molecular flexibility index (Phi) is 8.86. The van der Waals surface area contributed by atoms with Crippen molar-refractivity contribution in [3.63, 3.8) is 0 Å². The monoisotopic (exact) mass is 458 g/mol. The fourth-order valence-corrected chi connectivity index (χ4v) is 3.74. The molecule has 2 amide bonds. The predicted octanol–water partition coefficient (Wildman–Crippen LogP) is 5.61. The molecule has 3 aromatic carbocycles. The molecular weight excluding hydrogens is 424 g/mol. The van der Waals surface area contributed by atoms with Crippen LogP contribution in [0.3, 0.4) is 0 Å². The van der Waals surface area contributed by atoms with Crippen molar-refractivity contribution in [3.8, 4) is 0 Å². The molecule has 34 heavy (non-hydrogen) atoms. The normalized spacial score (nSPS) is 12.9. The second kappa shape index (κ2) is 12.0. The SMILES string of the molecule is CC(C)(C)OC(=O)NC(Cc1ccccc1)C(=O)NC(CCc1ccccc1)c1ccccc1. The van der Waals surface area contributed by atoms with Crippen molar-refractivity contribution in [2.24, 2.45) is 0 Å². The number of benzene rings is 3. The van der Waals surface area contributed by atoms with Gasteiger partial charge >= 0.3 is 6.09 Å². The molecule has 0 heterocycles. The third-order valence-electron chi connectivity index (χ3n) is 5.37. The van der Waals surface area contributed by atoms with Crippen LogP contribution < -0.4 is 10.6 Å². The van der Waals surface area contributed by atoms with Gasteiger partial charge in [0.2, 0.25) is 5.91 Å². The summed E-state index contributed by atoms with van der Waals surface area (Å²) in [6.45, 7) is 5.40. The molecule has 3 aromatic rings. The van der Waals surface area contributed by atoms with Crippen LogP contribution in [0, 0.1) is 0 Å². The van der Waals surface area contributed by atoms with Gasteiger partial charge in [0.1, 0.15) is 11.6 Å². The number of carbonyl (C=O) groups is 2. The lowest BCUT2D eigenvalue weighted by Crippen LogP contribution is -2.50. The van der Waals surface area contributed by atoms with Crippen LogP contribution in [0.15, 0.2) is 91.0 Å². The van der Waals surface area contributed by atoms with Gasteiger partial charge in [-0.05, 0) is 50.3 Å². The molecule has 0 aliphatic rings. The number of carbonyl (C=O) groups excluding carboxylic acids is 2. The van der Waals surface area contributed by atoms with E-state index < -0.39 is 17.7 Å². The first kappa shape index (κ1) is 25.0. The standard InChI is InChI=1S/C29H34N2O3/c1-29(2,3)34-28(33)31-26(21-23-15-9-5-10-16-23)27(32)30-25(24-17-11-6-12-18-24)20-19-22-13-7-4-8-14-22/h4-18,25-26H,19-21H2,1-3H3,(H,30,32)(H,31,33). The highest BCUT2D eigenvalue weighted by atomic mass is 16.6. The highest BCUT2D eigenvalue weighted by molar-refractivity contribution is 5.86. The number of aryl methyl sites for hydroxylation is 1. The second-order valence-electron chi connectivity index (χ2n) is 9.38. The van der Waals surface area contributed by atoms with E-state index in [4.69, 9.17) is 4.74 Å². The van der Waals surface area contributed by atoms with Gasteiger partial charge in [-0.15, -0.1) is 0 Å². The van der Waals surface area contributed by atoms with E-state index in [1.54, 1.807) is 20.8 Å². The molecule has 0 bridgehead atoms. The molecule has 0 aliphatic carbocycles. The summed E-state index contributed by atoms with van der Waals surface area (Å²) in [7, 11) is 0. The van der Waals surface area contributed by atoms with E-state index in [1.165, 1.54) is 5.56 Å². The van der Waals surface area contributed by atoms with E-state index in [9.17, 15) is 9.59 Å². The van der Waals surface area contributed by atoms with Crippen molar-refractivity contribution in [1.29, 1.82) is 0 Å². The van der Waals surface area contributed by atoms with Gasteiger partial charge in [-0.25, -0.2) is 4.79 Å². The molecule has 0 aliphatic heterocycles. The number of alkyl carbamates (subject to hydrolysis) is 1. The maximum absolute atomic E-state index is 13.5. The van der Waals surface area contributed by atoms with Gasteiger partial charge in [-0.3, -0.25) is 4.79 Å². The van der Waals surface area contributed by atoms with Crippen molar-refractivity contribution in [2.45, 2.75) is 57.7 Å². The summed E-state index contributed by atoms with van der Waals surface area (Å²) in [4.78, 5) is 26.0. The average Bonchev–Trinajstić information content (AvgIpc) is 2.82. The van der Waals surface area contributed by atoms with Gasteiger partial charge in [0, 0.05) is 6.42 Å². The Bertz CT molecular complexity index is 1030. The molecule has 0 radical (unpaired) electrons. The molecule has 5 nitrogen and oxygen atoms in total. The molecule has 178 valence electrons.